The number of piperidine rings is 1. The summed E-state index contributed by atoms with van der Waals surface area (Å²) < 4.78 is 7.03. The summed E-state index contributed by atoms with van der Waals surface area (Å²) in [7, 11) is 0. The predicted molar refractivity (Wildman–Crippen MR) is 92.7 cm³/mol. The molecule has 1 unspecified atom stereocenters. The van der Waals surface area contributed by atoms with Crippen molar-refractivity contribution in [3.05, 3.63) is 35.8 Å². The topological polar surface area (TPSA) is 75.9 Å². The molecule has 1 saturated heterocycles. The number of nitrogens with zero attached hydrogens (tertiary/aromatic N) is 3. The van der Waals surface area contributed by atoms with E-state index < -0.39 is 0 Å². The van der Waals surface area contributed by atoms with Gasteiger partial charge in [0.2, 0.25) is 5.91 Å². The number of amides is 1. The van der Waals surface area contributed by atoms with Crippen LogP contribution in [0.1, 0.15) is 31.0 Å². The average Bonchev–Trinajstić information content (AvgIpc) is 2.99. The lowest BCUT2D eigenvalue weighted by molar-refractivity contribution is -0.151. The lowest BCUT2D eigenvalue weighted by Gasteiger charge is -2.31. The maximum absolute atomic E-state index is 12.4. The smallest absolute Gasteiger partial charge is 0.310 e. The highest BCUT2D eigenvalue weighted by atomic mass is 16.5. The maximum atomic E-state index is 12.4. The number of hydrogen-bond donors (Lipinski definition) is 1. The molecule has 3 rings (SSSR count). The third-order valence-corrected chi connectivity index (χ3v) is 4.47. The summed E-state index contributed by atoms with van der Waals surface area (Å²) in [5, 5.41) is 1.82. The summed E-state index contributed by atoms with van der Waals surface area (Å²) in [5.41, 5.74) is 5.69. The Bertz CT molecular complexity index is 771. The number of pyridine rings is 1. The zero-order valence-corrected chi connectivity index (χ0v) is 14.7. The molecule has 134 valence electrons. The molecule has 2 aromatic rings. The fourth-order valence-corrected chi connectivity index (χ4v) is 3.24. The van der Waals surface area contributed by atoms with Gasteiger partial charge in [0.15, 0.2) is 0 Å². The van der Waals surface area contributed by atoms with Crippen LogP contribution >= 0.6 is 0 Å². The van der Waals surface area contributed by atoms with E-state index in [0.717, 1.165) is 36.3 Å². The van der Waals surface area contributed by atoms with Gasteiger partial charge in [0, 0.05) is 25.5 Å². The van der Waals surface area contributed by atoms with Gasteiger partial charge in [-0.25, -0.2) is 9.99 Å². The Kier molecular flexibility index (Phi) is 5.33. The number of hydrazine groups is 1. The van der Waals surface area contributed by atoms with Crippen LogP contribution in [0.2, 0.25) is 0 Å². The highest BCUT2D eigenvalue weighted by Gasteiger charge is 2.27. The Balaban J connectivity index is 1.60. The quantitative estimate of drug-likeness (QED) is 0.832. The van der Waals surface area contributed by atoms with Gasteiger partial charge in [-0.2, -0.15) is 0 Å². The van der Waals surface area contributed by atoms with Crippen molar-refractivity contribution >= 4 is 17.5 Å². The summed E-state index contributed by atoms with van der Waals surface area (Å²) in [5.74, 6) is -0.459. The highest BCUT2D eigenvalue weighted by Crippen LogP contribution is 2.17. The van der Waals surface area contributed by atoms with E-state index in [1.165, 1.54) is 0 Å². The van der Waals surface area contributed by atoms with Crippen molar-refractivity contribution in [3.63, 3.8) is 0 Å². The van der Waals surface area contributed by atoms with Crippen LogP contribution in [0, 0.1) is 12.8 Å². The molecule has 7 nitrogen and oxygen atoms in total. The molecule has 0 saturated carbocycles. The molecule has 1 aliphatic rings. The normalized spacial score (nSPS) is 18.2. The average molecular weight is 344 g/mol. The molecule has 0 spiro atoms. The van der Waals surface area contributed by atoms with Gasteiger partial charge in [-0.1, -0.05) is 6.07 Å². The van der Waals surface area contributed by atoms with Gasteiger partial charge in [0.05, 0.1) is 24.6 Å². The van der Waals surface area contributed by atoms with Crippen molar-refractivity contribution in [2.24, 2.45) is 5.92 Å². The molecule has 1 atom stereocenters. The molecule has 0 radical (unpaired) electrons. The van der Waals surface area contributed by atoms with Crippen LogP contribution in [0.4, 0.5) is 0 Å². The van der Waals surface area contributed by atoms with E-state index in [-0.39, 0.29) is 24.2 Å². The number of ether oxygens (including phenoxy) is 1. The molecule has 1 N–H and O–H groups in total. The highest BCUT2D eigenvalue weighted by molar-refractivity contribution is 5.78. The van der Waals surface area contributed by atoms with Crippen LogP contribution in [-0.4, -0.2) is 46.0 Å². The summed E-state index contributed by atoms with van der Waals surface area (Å²) in [6, 6.07) is 3.94. The number of aryl methyl sites for hydroxylation is 1. The van der Waals surface area contributed by atoms with E-state index in [1.54, 1.807) is 13.1 Å². The number of nitrogens with one attached hydrogen (secondary N) is 1. The van der Waals surface area contributed by atoms with E-state index in [2.05, 4.69) is 10.4 Å². The van der Waals surface area contributed by atoms with Crippen molar-refractivity contribution in [3.8, 4) is 0 Å². The first-order chi connectivity index (χ1) is 12.1. The van der Waals surface area contributed by atoms with Crippen molar-refractivity contribution in [2.45, 2.75) is 33.1 Å². The number of carbonyl (C=O) groups excluding carboxylic acids is 2. The second kappa shape index (κ2) is 7.65. The van der Waals surface area contributed by atoms with E-state index >= 15 is 0 Å². The third kappa shape index (κ3) is 3.99. The van der Waals surface area contributed by atoms with Gasteiger partial charge in [-0.05, 0) is 38.3 Å². The van der Waals surface area contributed by atoms with Crippen LogP contribution in [-0.2, 0) is 20.7 Å². The van der Waals surface area contributed by atoms with Gasteiger partial charge in [0.1, 0.15) is 5.65 Å². The molecular weight excluding hydrogens is 320 g/mol. The van der Waals surface area contributed by atoms with Gasteiger partial charge in [0.25, 0.3) is 0 Å². The summed E-state index contributed by atoms with van der Waals surface area (Å²) in [4.78, 5) is 28.7. The van der Waals surface area contributed by atoms with Crippen LogP contribution in [0.25, 0.3) is 5.65 Å². The minimum Gasteiger partial charge on any atom is -0.466 e. The molecule has 2 aromatic heterocycles. The van der Waals surface area contributed by atoms with Crippen LogP contribution in [0.5, 0.6) is 0 Å². The van der Waals surface area contributed by atoms with Crippen molar-refractivity contribution < 1.29 is 14.3 Å². The minimum absolute atomic E-state index is 0.104. The molecule has 0 bridgehead atoms. The number of hydrogen-bond acceptors (Lipinski definition) is 5. The molecule has 0 aromatic carbocycles. The van der Waals surface area contributed by atoms with Crippen molar-refractivity contribution in [1.29, 1.82) is 0 Å². The zero-order chi connectivity index (χ0) is 17.8. The summed E-state index contributed by atoms with van der Waals surface area (Å²) in [6.07, 6.45) is 5.55. The fourth-order valence-electron chi connectivity index (χ4n) is 3.24. The number of carbonyl (C=O) groups is 2. The Morgan fingerprint density at radius 1 is 1.44 bits per heavy atom. The Morgan fingerprint density at radius 3 is 3.08 bits per heavy atom. The van der Waals surface area contributed by atoms with Crippen LogP contribution in [0.3, 0.4) is 0 Å². The molecule has 25 heavy (non-hydrogen) atoms. The first-order valence-corrected chi connectivity index (χ1v) is 8.71. The largest absolute Gasteiger partial charge is 0.466 e. The number of esters is 1. The number of imidazole rings is 1. The molecule has 7 heteroatoms. The first kappa shape index (κ1) is 17.4. The second-order valence-electron chi connectivity index (χ2n) is 6.38. The summed E-state index contributed by atoms with van der Waals surface area (Å²) >= 11 is 0. The molecular formula is C18H24N4O3. The monoisotopic (exact) mass is 344 g/mol. The molecule has 1 amide bonds. The van der Waals surface area contributed by atoms with Gasteiger partial charge < -0.3 is 9.14 Å². The van der Waals surface area contributed by atoms with Gasteiger partial charge >= 0.3 is 5.97 Å². The Labute approximate surface area is 146 Å². The fraction of sp³-hybridized carbons (Fsp3) is 0.500. The van der Waals surface area contributed by atoms with E-state index in [4.69, 9.17) is 4.74 Å². The predicted octanol–water partition coefficient (Wildman–Crippen LogP) is 1.49. The van der Waals surface area contributed by atoms with E-state index in [1.807, 2.05) is 34.7 Å². The Hall–Kier alpha value is -2.41. The SMILES string of the molecule is CCOC(=O)C1CCCN(NC(=O)Cc2cnc3c(C)cccn23)C1. The van der Waals surface area contributed by atoms with Crippen molar-refractivity contribution in [2.75, 3.05) is 19.7 Å². The number of aromatic nitrogens is 2. The maximum Gasteiger partial charge on any atom is 0.310 e. The molecule has 1 aliphatic heterocycles. The van der Waals surface area contributed by atoms with Gasteiger partial charge in [-0.15, -0.1) is 0 Å². The van der Waals surface area contributed by atoms with Crippen LogP contribution in [0.15, 0.2) is 24.5 Å². The standard InChI is InChI=1S/C18H24N4O3/c1-3-25-18(24)14-7-5-8-21(12-14)20-16(23)10-15-11-19-17-13(2)6-4-9-22(15)17/h4,6,9,11,14H,3,5,7-8,10,12H2,1-2H3,(H,20,23). The zero-order valence-electron chi connectivity index (χ0n) is 14.7. The molecule has 3 heterocycles. The molecule has 0 aliphatic carbocycles. The van der Waals surface area contributed by atoms with E-state index in [9.17, 15) is 9.59 Å². The lowest BCUT2D eigenvalue weighted by atomic mass is 9.99. The number of fused-ring (bicyclic) bond motifs is 1. The number of rotatable bonds is 5. The lowest BCUT2D eigenvalue weighted by Crippen LogP contribution is -2.49. The van der Waals surface area contributed by atoms with Crippen LogP contribution < -0.4 is 5.43 Å². The van der Waals surface area contributed by atoms with Crippen molar-refractivity contribution in [1.82, 2.24) is 19.8 Å². The summed E-state index contributed by atoms with van der Waals surface area (Å²) in [6.45, 7) is 5.42. The first-order valence-electron chi connectivity index (χ1n) is 8.71. The Morgan fingerprint density at radius 2 is 2.28 bits per heavy atom. The minimum atomic E-state index is -0.182. The van der Waals surface area contributed by atoms with E-state index in [0.29, 0.717) is 13.2 Å². The van der Waals surface area contributed by atoms with Gasteiger partial charge in [-0.3, -0.25) is 15.0 Å². The third-order valence-electron chi connectivity index (χ3n) is 4.47. The molecule has 1 fully saturated rings. The second-order valence-corrected chi connectivity index (χ2v) is 6.38.